The molecule has 3 nitrogen and oxygen atoms in total. The average Bonchev–Trinajstić information content (AvgIpc) is 2.61. The lowest BCUT2D eigenvalue weighted by Crippen LogP contribution is -2.36. The van der Waals surface area contributed by atoms with Crippen LogP contribution in [0.15, 0.2) is 24.3 Å². The van der Waals surface area contributed by atoms with Gasteiger partial charge in [-0.1, -0.05) is 12.1 Å². The Morgan fingerprint density at radius 2 is 2.26 bits per heavy atom. The first kappa shape index (κ1) is 14.0. The van der Waals surface area contributed by atoms with Crippen LogP contribution in [0.5, 0.6) is 0 Å². The van der Waals surface area contributed by atoms with Gasteiger partial charge in [0.05, 0.1) is 0 Å². The Labute approximate surface area is 113 Å². The summed E-state index contributed by atoms with van der Waals surface area (Å²) >= 11 is 0. The van der Waals surface area contributed by atoms with E-state index in [0.29, 0.717) is 12.5 Å². The van der Waals surface area contributed by atoms with Crippen molar-refractivity contribution in [1.82, 2.24) is 10.2 Å². The second-order valence-corrected chi connectivity index (χ2v) is 5.15. The molecule has 1 fully saturated rings. The predicted octanol–water partition coefficient (Wildman–Crippen LogP) is 1.97. The van der Waals surface area contributed by atoms with E-state index in [2.05, 4.69) is 17.1 Å². The molecule has 1 heterocycles. The van der Waals surface area contributed by atoms with Crippen molar-refractivity contribution in [2.24, 2.45) is 0 Å². The molecular formula is C15H21FN2O. The topological polar surface area (TPSA) is 32.3 Å². The fraction of sp³-hybridized carbons (Fsp3) is 0.533. The Morgan fingerprint density at radius 1 is 1.42 bits per heavy atom. The van der Waals surface area contributed by atoms with E-state index in [9.17, 15) is 9.18 Å². The number of rotatable bonds is 4. The zero-order valence-corrected chi connectivity index (χ0v) is 11.4. The molecule has 2 rings (SSSR count). The molecule has 0 spiro atoms. The summed E-state index contributed by atoms with van der Waals surface area (Å²) < 4.78 is 13.1. The van der Waals surface area contributed by atoms with Crippen LogP contribution >= 0.6 is 0 Å². The van der Waals surface area contributed by atoms with Crippen LogP contribution in [0.1, 0.15) is 25.3 Å². The van der Waals surface area contributed by atoms with Crippen LogP contribution < -0.4 is 5.32 Å². The molecule has 0 unspecified atom stereocenters. The first-order valence-electron chi connectivity index (χ1n) is 6.90. The van der Waals surface area contributed by atoms with Crippen molar-refractivity contribution in [3.8, 4) is 0 Å². The lowest BCUT2D eigenvalue weighted by molar-refractivity contribution is -0.120. The van der Waals surface area contributed by atoms with Crippen LogP contribution in [0, 0.1) is 5.82 Å². The maximum absolute atomic E-state index is 13.1. The van der Waals surface area contributed by atoms with Crippen molar-refractivity contribution in [1.29, 1.82) is 0 Å². The number of nitrogens with one attached hydrogen (secondary N) is 1. The van der Waals surface area contributed by atoms with Gasteiger partial charge in [0.1, 0.15) is 5.82 Å². The first-order chi connectivity index (χ1) is 9.15. The summed E-state index contributed by atoms with van der Waals surface area (Å²) in [6.45, 7) is 4.62. The molecule has 1 atom stereocenters. The van der Waals surface area contributed by atoms with Crippen molar-refractivity contribution in [3.05, 3.63) is 35.6 Å². The minimum atomic E-state index is -0.172. The van der Waals surface area contributed by atoms with E-state index in [1.165, 1.54) is 6.07 Å². The van der Waals surface area contributed by atoms with E-state index in [1.807, 2.05) is 6.07 Å². The number of hydrogen-bond acceptors (Lipinski definition) is 2. The molecule has 1 saturated heterocycles. The van der Waals surface area contributed by atoms with E-state index in [0.717, 1.165) is 38.0 Å². The summed E-state index contributed by atoms with van der Waals surface area (Å²) in [5.41, 5.74) is 1.04. The van der Waals surface area contributed by atoms with Crippen molar-refractivity contribution >= 4 is 5.91 Å². The summed E-state index contributed by atoms with van der Waals surface area (Å²) in [6.07, 6.45) is 2.43. The van der Waals surface area contributed by atoms with Gasteiger partial charge in [0, 0.05) is 32.1 Å². The molecule has 1 aromatic carbocycles. The zero-order valence-electron chi connectivity index (χ0n) is 11.4. The Morgan fingerprint density at radius 3 is 3.05 bits per heavy atom. The number of carbonyl (C=O) groups excluding carboxylic acids is 1. The summed E-state index contributed by atoms with van der Waals surface area (Å²) in [7, 11) is 0. The molecule has 1 aliphatic heterocycles. The van der Waals surface area contributed by atoms with Crippen LogP contribution in [0.3, 0.4) is 0 Å². The van der Waals surface area contributed by atoms with Gasteiger partial charge in [0.25, 0.3) is 0 Å². The Hall–Kier alpha value is -1.42. The fourth-order valence-corrected chi connectivity index (χ4v) is 2.48. The zero-order chi connectivity index (χ0) is 13.7. The number of halogens is 1. The van der Waals surface area contributed by atoms with Gasteiger partial charge in [-0.25, -0.2) is 4.39 Å². The summed E-state index contributed by atoms with van der Waals surface area (Å²) in [5, 5.41) is 2.88. The van der Waals surface area contributed by atoms with Gasteiger partial charge >= 0.3 is 0 Å². The smallest absolute Gasteiger partial charge is 0.221 e. The number of nitrogens with zero attached hydrogens (tertiary/aromatic N) is 1. The molecule has 4 heteroatoms. The van der Waals surface area contributed by atoms with Gasteiger partial charge in [0.15, 0.2) is 0 Å². The van der Waals surface area contributed by atoms with Gasteiger partial charge in [-0.05, 0) is 37.5 Å². The van der Waals surface area contributed by atoms with E-state index >= 15 is 0 Å². The van der Waals surface area contributed by atoms with Crippen molar-refractivity contribution < 1.29 is 9.18 Å². The van der Waals surface area contributed by atoms with Crippen LogP contribution in [-0.4, -0.2) is 36.5 Å². The third-order valence-electron chi connectivity index (χ3n) is 3.71. The standard InChI is InChI=1S/C15H21FN2O/c1-12(18-9-7-15(19)17-8-10-18)5-6-13-3-2-4-14(16)11-13/h2-4,11-12H,5-10H2,1H3,(H,17,19)/t12-/m0/s1. The Kier molecular flexibility index (Phi) is 4.91. The fourth-order valence-electron chi connectivity index (χ4n) is 2.48. The van der Waals surface area contributed by atoms with Crippen molar-refractivity contribution in [3.63, 3.8) is 0 Å². The third kappa shape index (κ3) is 4.31. The molecule has 0 bridgehead atoms. The van der Waals surface area contributed by atoms with Gasteiger partial charge in [-0.3, -0.25) is 9.69 Å². The molecular weight excluding hydrogens is 243 g/mol. The van der Waals surface area contributed by atoms with E-state index in [-0.39, 0.29) is 11.7 Å². The number of hydrogen-bond donors (Lipinski definition) is 1. The minimum absolute atomic E-state index is 0.139. The summed E-state index contributed by atoms with van der Waals surface area (Å²) in [5.74, 6) is -0.0328. The SMILES string of the molecule is C[C@@H](CCc1cccc(F)c1)N1CCNC(=O)CC1. The minimum Gasteiger partial charge on any atom is -0.355 e. The second kappa shape index (κ2) is 6.66. The molecule has 1 aliphatic rings. The number of amides is 1. The molecule has 0 aliphatic carbocycles. The molecule has 1 amide bonds. The normalized spacial score (nSPS) is 18.7. The second-order valence-electron chi connectivity index (χ2n) is 5.15. The highest BCUT2D eigenvalue weighted by Crippen LogP contribution is 2.12. The molecule has 1 aromatic rings. The maximum atomic E-state index is 13.1. The first-order valence-corrected chi connectivity index (χ1v) is 6.90. The van der Waals surface area contributed by atoms with Crippen molar-refractivity contribution in [2.45, 2.75) is 32.2 Å². The summed E-state index contributed by atoms with van der Waals surface area (Å²) in [4.78, 5) is 13.6. The number of benzene rings is 1. The lowest BCUT2D eigenvalue weighted by Gasteiger charge is -2.26. The monoisotopic (exact) mass is 264 g/mol. The Balaban J connectivity index is 1.83. The molecule has 0 saturated carbocycles. The predicted molar refractivity (Wildman–Crippen MR) is 73.4 cm³/mol. The lowest BCUT2D eigenvalue weighted by atomic mass is 10.0. The molecule has 19 heavy (non-hydrogen) atoms. The Bertz CT molecular complexity index is 436. The van der Waals surface area contributed by atoms with Gasteiger partial charge < -0.3 is 5.32 Å². The largest absolute Gasteiger partial charge is 0.355 e. The quantitative estimate of drug-likeness (QED) is 0.901. The van der Waals surface area contributed by atoms with Gasteiger partial charge in [-0.15, -0.1) is 0 Å². The summed E-state index contributed by atoms with van der Waals surface area (Å²) in [6, 6.07) is 7.20. The van der Waals surface area contributed by atoms with Crippen molar-refractivity contribution in [2.75, 3.05) is 19.6 Å². The average molecular weight is 264 g/mol. The molecule has 0 aromatic heterocycles. The molecule has 0 radical (unpaired) electrons. The van der Waals surface area contributed by atoms with Gasteiger partial charge in [-0.2, -0.15) is 0 Å². The maximum Gasteiger partial charge on any atom is 0.221 e. The number of carbonyl (C=O) groups is 1. The van der Waals surface area contributed by atoms with Gasteiger partial charge in [0.2, 0.25) is 5.91 Å². The van der Waals surface area contributed by atoms with E-state index in [4.69, 9.17) is 0 Å². The highest BCUT2D eigenvalue weighted by Gasteiger charge is 2.18. The third-order valence-corrected chi connectivity index (χ3v) is 3.71. The highest BCUT2D eigenvalue weighted by atomic mass is 19.1. The molecule has 104 valence electrons. The number of aryl methyl sites for hydroxylation is 1. The van der Waals surface area contributed by atoms with E-state index < -0.39 is 0 Å². The van der Waals surface area contributed by atoms with Crippen LogP contribution in [0.2, 0.25) is 0 Å². The van der Waals surface area contributed by atoms with Crippen LogP contribution in [0.4, 0.5) is 4.39 Å². The van der Waals surface area contributed by atoms with Crippen LogP contribution in [0.25, 0.3) is 0 Å². The van der Waals surface area contributed by atoms with Crippen LogP contribution in [-0.2, 0) is 11.2 Å². The van der Waals surface area contributed by atoms with E-state index in [1.54, 1.807) is 12.1 Å². The molecule has 1 N–H and O–H groups in total. The highest BCUT2D eigenvalue weighted by molar-refractivity contribution is 5.76.